The van der Waals surface area contributed by atoms with Crippen molar-refractivity contribution in [2.75, 3.05) is 13.1 Å². The molecule has 0 aliphatic carbocycles. The molecular formula is C23H46N8O5. The van der Waals surface area contributed by atoms with E-state index >= 15 is 0 Å². The fourth-order valence-corrected chi connectivity index (χ4v) is 3.41. The number of guanidine groups is 1. The Morgan fingerprint density at radius 3 is 1.97 bits per heavy atom. The smallest absolute Gasteiger partial charge is 0.326 e. The van der Waals surface area contributed by atoms with Crippen LogP contribution in [0, 0.1) is 11.8 Å². The number of hydrogen-bond donors (Lipinski definition) is 8. The molecule has 12 N–H and O–H groups in total. The van der Waals surface area contributed by atoms with E-state index in [1.165, 1.54) is 0 Å². The average molecular weight is 515 g/mol. The molecule has 0 radical (unpaired) electrons. The molecule has 0 aromatic heterocycles. The minimum atomic E-state index is -1.15. The number of carboxylic acids is 1. The summed E-state index contributed by atoms with van der Waals surface area (Å²) in [5.41, 5.74) is 22.1. The maximum absolute atomic E-state index is 13.2. The lowest BCUT2D eigenvalue weighted by Crippen LogP contribution is -2.59. The second-order valence-corrected chi connectivity index (χ2v) is 9.34. The summed E-state index contributed by atoms with van der Waals surface area (Å²) in [6, 6.07) is -3.92. The molecule has 3 amide bonds. The van der Waals surface area contributed by atoms with Gasteiger partial charge < -0.3 is 44.0 Å². The summed E-state index contributed by atoms with van der Waals surface area (Å²) in [5.74, 6) is -3.60. The second kappa shape index (κ2) is 17.5. The summed E-state index contributed by atoms with van der Waals surface area (Å²) in [4.78, 5) is 54.2. The summed E-state index contributed by atoms with van der Waals surface area (Å²) in [7, 11) is 0. The molecule has 0 aliphatic rings. The van der Waals surface area contributed by atoms with Crippen LogP contribution in [-0.4, -0.2) is 72.0 Å². The molecular weight excluding hydrogens is 468 g/mol. The van der Waals surface area contributed by atoms with Crippen molar-refractivity contribution in [1.29, 1.82) is 0 Å². The predicted molar refractivity (Wildman–Crippen MR) is 139 cm³/mol. The highest BCUT2D eigenvalue weighted by Gasteiger charge is 2.33. The van der Waals surface area contributed by atoms with Gasteiger partial charge in [-0.1, -0.05) is 40.5 Å². The molecule has 13 heteroatoms. The number of nitrogens with two attached hydrogens (primary N) is 4. The van der Waals surface area contributed by atoms with Crippen molar-refractivity contribution in [3.63, 3.8) is 0 Å². The summed E-state index contributed by atoms with van der Waals surface area (Å²) in [6.07, 6.45) is 2.93. The lowest BCUT2D eigenvalue weighted by molar-refractivity contribution is -0.144. The van der Waals surface area contributed by atoms with E-state index < -0.39 is 47.9 Å². The van der Waals surface area contributed by atoms with Crippen LogP contribution in [0.15, 0.2) is 4.99 Å². The van der Waals surface area contributed by atoms with Crippen molar-refractivity contribution in [3.05, 3.63) is 0 Å². The topological polar surface area (TPSA) is 241 Å². The fourth-order valence-electron chi connectivity index (χ4n) is 3.41. The van der Waals surface area contributed by atoms with Gasteiger partial charge in [0.05, 0.1) is 6.04 Å². The van der Waals surface area contributed by atoms with E-state index in [9.17, 15) is 24.3 Å². The van der Waals surface area contributed by atoms with Gasteiger partial charge in [0, 0.05) is 6.54 Å². The van der Waals surface area contributed by atoms with Crippen LogP contribution in [0.5, 0.6) is 0 Å². The van der Waals surface area contributed by atoms with Gasteiger partial charge in [-0.15, -0.1) is 0 Å². The number of amides is 3. The highest BCUT2D eigenvalue weighted by atomic mass is 16.4. The number of aliphatic carboxylic acids is 1. The lowest BCUT2D eigenvalue weighted by atomic mass is 9.97. The number of carbonyl (C=O) groups is 4. The molecule has 0 aliphatic heterocycles. The van der Waals surface area contributed by atoms with Crippen molar-refractivity contribution in [1.82, 2.24) is 16.0 Å². The van der Waals surface area contributed by atoms with E-state index in [4.69, 9.17) is 22.9 Å². The summed E-state index contributed by atoms with van der Waals surface area (Å²) < 4.78 is 0. The number of carbonyl (C=O) groups excluding carboxylic acids is 3. The van der Waals surface area contributed by atoms with Crippen LogP contribution in [-0.2, 0) is 19.2 Å². The third kappa shape index (κ3) is 12.7. The van der Waals surface area contributed by atoms with Crippen LogP contribution in [0.3, 0.4) is 0 Å². The molecule has 0 fully saturated rings. The zero-order valence-electron chi connectivity index (χ0n) is 22.0. The van der Waals surface area contributed by atoms with E-state index in [1.807, 2.05) is 6.92 Å². The van der Waals surface area contributed by atoms with Gasteiger partial charge in [-0.2, -0.15) is 0 Å². The highest BCUT2D eigenvalue weighted by Crippen LogP contribution is 2.11. The Morgan fingerprint density at radius 1 is 0.861 bits per heavy atom. The number of aliphatic imine (C=N–C) groups is 1. The van der Waals surface area contributed by atoms with Crippen LogP contribution in [0.2, 0.25) is 0 Å². The minimum absolute atomic E-state index is 0.0900. The van der Waals surface area contributed by atoms with Crippen molar-refractivity contribution in [2.45, 2.75) is 90.4 Å². The molecule has 0 spiro atoms. The third-order valence-corrected chi connectivity index (χ3v) is 5.91. The van der Waals surface area contributed by atoms with Crippen LogP contribution < -0.4 is 38.9 Å². The first-order valence-corrected chi connectivity index (χ1v) is 12.5. The van der Waals surface area contributed by atoms with Crippen LogP contribution in [0.4, 0.5) is 0 Å². The normalized spacial score (nSPS) is 15.2. The Bertz CT molecular complexity index is 742. The van der Waals surface area contributed by atoms with E-state index in [2.05, 4.69) is 20.9 Å². The molecule has 5 unspecified atom stereocenters. The standard InChI is InChI=1S/C23H46N8O5/c1-5-14(4)18(22(35)36)31-21(34)17(13(2)3)30-20(33)16(10-8-12-28-23(26)27)29-19(32)15(25)9-6-7-11-24/h13-18H,5-12,24-25H2,1-4H3,(H,29,32)(H,30,33)(H,31,34)(H,35,36)(H4,26,27,28). The number of carboxylic acid groups (broad SMARTS) is 1. The van der Waals surface area contributed by atoms with Crippen molar-refractivity contribution >= 4 is 29.7 Å². The quantitative estimate of drug-likeness (QED) is 0.0617. The average Bonchev–Trinajstić information content (AvgIpc) is 2.81. The molecule has 0 rings (SSSR count). The molecule has 0 aromatic carbocycles. The van der Waals surface area contributed by atoms with Crippen molar-refractivity contribution in [2.24, 2.45) is 39.8 Å². The summed E-state index contributed by atoms with van der Waals surface area (Å²) >= 11 is 0. The van der Waals surface area contributed by atoms with Gasteiger partial charge >= 0.3 is 5.97 Å². The van der Waals surface area contributed by atoms with Crippen molar-refractivity contribution in [3.8, 4) is 0 Å². The van der Waals surface area contributed by atoms with Gasteiger partial charge in [0.2, 0.25) is 17.7 Å². The lowest BCUT2D eigenvalue weighted by Gasteiger charge is -2.28. The molecule has 36 heavy (non-hydrogen) atoms. The molecule has 0 heterocycles. The Morgan fingerprint density at radius 2 is 1.47 bits per heavy atom. The van der Waals surface area contributed by atoms with Gasteiger partial charge in [-0.25, -0.2) is 4.79 Å². The molecule has 0 saturated heterocycles. The molecule has 13 nitrogen and oxygen atoms in total. The van der Waals surface area contributed by atoms with E-state index in [0.717, 1.165) is 6.42 Å². The van der Waals surface area contributed by atoms with Crippen LogP contribution in [0.1, 0.15) is 66.2 Å². The summed E-state index contributed by atoms with van der Waals surface area (Å²) in [5, 5.41) is 17.4. The Balaban J connectivity index is 5.52. The molecule has 0 bridgehead atoms. The van der Waals surface area contributed by atoms with E-state index in [0.29, 0.717) is 32.2 Å². The number of hydrogen-bond acceptors (Lipinski definition) is 7. The number of unbranched alkanes of at least 4 members (excludes halogenated alkanes) is 1. The first kappa shape index (κ1) is 33.1. The second-order valence-electron chi connectivity index (χ2n) is 9.34. The highest BCUT2D eigenvalue weighted by molar-refractivity contribution is 5.94. The van der Waals surface area contributed by atoms with Gasteiger partial charge in [-0.3, -0.25) is 19.4 Å². The first-order valence-electron chi connectivity index (χ1n) is 12.5. The largest absolute Gasteiger partial charge is 0.480 e. The van der Waals surface area contributed by atoms with Gasteiger partial charge in [0.25, 0.3) is 0 Å². The Labute approximate surface area is 213 Å². The molecule has 208 valence electrons. The predicted octanol–water partition coefficient (Wildman–Crippen LogP) is -1.26. The Hall–Kier alpha value is -2.93. The number of rotatable bonds is 18. The van der Waals surface area contributed by atoms with Crippen LogP contribution in [0.25, 0.3) is 0 Å². The SMILES string of the molecule is CCC(C)C(NC(=O)C(NC(=O)C(CCCN=C(N)N)NC(=O)C(N)CCCCN)C(C)C)C(=O)O. The number of nitrogens with zero attached hydrogens (tertiary/aromatic N) is 1. The zero-order valence-corrected chi connectivity index (χ0v) is 22.0. The van der Waals surface area contributed by atoms with Gasteiger partial charge in [-0.05, 0) is 44.1 Å². The third-order valence-electron chi connectivity index (χ3n) is 5.91. The minimum Gasteiger partial charge on any atom is -0.480 e. The first-order chi connectivity index (χ1) is 16.8. The molecule has 5 atom stereocenters. The number of nitrogens with one attached hydrogen (secondary N) is 3. The maximum Gasteiger partial charge on any atom is 0.326 e. The molecule has 0 aromatic rings. The monoisotopic (exact) mass is 514 g/mol. The summed E-state index contributed by atoms with van der Waals surface area (Å²) in [6.45, 7) is 7.73. The zero-order chi connectivity index (χ0) is 27.8. The van der Waals surface area contributed by atoms with Crippen molar-refractivity contribution < 1.29 is 24.3 Å². The van der Waals surface area contributed by atoms with E-state index in [1.54, 1.807) is 20.8 Å². The fraction of sp³-hybridized carbons (Fsp3) is 0.783. The Kier molecular flexibility index (Phi) is 16.1. The van der Waals surface area contributed by atoms with Gasteiger partial charge in [0.15, 0.2) is 5.96 Å². The van der Waals surface area contributed by atoms with Crippen LogP contribution >= 0.6 is 0 Å². The van der Waals surface area contributed by atoms with E-state index in [-0.39, 0.29) is 30.8 Å². The maximum atomic E-state index is 13.2. The van der Waals surface area contributed by atoms with Gasteiger partial charge in [0.1, 0.15) is 18.1 Å². The molecule has 0 saturated carbocycles.